The fourth-order valence-corrected chi connectivity index (χ4v) is 2.72. The molecule has 0 spiro atoms. The predicted octanol–water partition coefficient (Wildman–Crippen LogP) is 2.40. The van der Waals surface area contributed by atoms with Gasteiger partial charge in [0.15, 0.2) is 0 Å². The number of para-hydroxylation sites is 1. The molecule has 1 aromatic carbocycles. The molecule has 0 aliphatic carbocycles. The van der Waals surface area contributed by atoms with Crippen LogP contribution in [0.4, 0.5) is 0 Å². The van der Waals surface area contributed by atoms with Crippen LogP contribution in [0.2, 0.25) is 0 Å². The molecule has 0 unspecified atom stereocenters. The molecule has 0 aliphatic heterocycles. The van der Waals surface area contributed by atoms with Gasteiger partial charge in [-0.15, -0.1) is 0 Å². The van der Waals surface area contributed by atoms with Crippen LogP contribution in [0.3, 0.4) is 0 Å². The van der Waals surface area contributed by atoms with Crippen molar-refractivity contribution >= 4 is 11.8 Å². The maximum absolute atomic E-state index is 12.8. The zero-order valence-corrected chi connectivity index (χ0v) is 15.2. The summed E-state index contributed by atoms with van der Waals surface area (Å²) in [5.41, 5.74) is 7.40. The lowest BCUT2D eigenvalue weighted by Gasteiger charge is -2.07. The van der Waals surface area contributed by atoms with Gasteiger partial charge >= 0.3 is 0 Å². The standard InChI is InChI=1S/C21H16N6O2/c28-20(16-7-5-11-23-13-16)24-25-21(29)18-14-27(17-8-2-1-3-9-17)26-19(18)15-6-4-10-22-12-15/h1-14H,(H,24,28)(H,25,29). The van der Waals surface area contributed by atoms with E-state index in [1.165, 1.54) is 6.20 Å². The minimum absolute atomic E-state index is 0.299. The van der Waals surface area contributed by atoms with Crippen molar-refractivity contribution in [2.45, 2.75) is 0 Å². The van der Waals surface area contributed by atoms with Crippen LogP contribution < -0.4 is 10.9 Å². The molecular formula is C21H16N6O2. The van der Waals surface area contributed by atoms with Crippen LogP contribution in [-0.4, -0.2) is 31.6 Å². The number of aromatic nitrogens is 4. The van der Waals surface area contributed by atoms with Crippen molar-refractivity contribution < 1.29 is 9.59 Å². The van der Waals surface area contributed by atoms with E-state index in [9.17, 15) is 9.59 Å². The number of rotatable bonds is 4. The zero-order chi connectivity index (χ0) is 20.1. The van der Waals surface area contributed by atoms with Crippen LogP contribution >= 0.6 is 0 Å². The maximum Gasteiger partial charge on any atom is 0.273 e. The van der Waals surface area contributed by atoms with Crippen molar-refractivity contribution in [2.24, 2.45) is 0 Å². The number of pyridine rings is 2. The molecule has 2 N–H and O–H groups in total. The van der Waals surface area contributed by atoms with Crippen LogP contribution in [0.1, 0.15) is 20.7 Å². The Balaban J connectivity index is 1.62. The number of hydrogen-bond donors (Lipinski definition) is 2. The quantitative estimate of drug-likeness (QED) is 0.526. The summed E-state index contributed by atoms with van der Waals surface area (Å²) in [7, 11) is 0. The second-order valence-corrected chi connectivity index (χ2v) is 6.06. The molecular weight excluding hydrogens is 368 g/mol. The Bertz CT molecular complexity index is 1130. The normalized spacial score (nSPS) is 10.3. The molecule has 8 nitrogen and oxygen atoms in total. The number of hydrazine groups is 1. The number of carbonyl (C=O) groups excluding carboxylic acids is 2. The summed E-state index contributed by atoms with van der Waals surface area (Å²) in [6.45, 7) is 0. The third-order valence-corrected chi connectivity index (χ3v) is 4.13. The Kier molecular flexibility index (Phi) is 5.06. The molecule has 0 bridgehead atoms. The second-order valence-electron chi connectivity index (χ2n) is 6.06. The number of nitrogens with one attached hydrogen (secondary N) is 2. The molecule has 0 fully saturated rings. The first kappa shape index (κ1) is 18.1. The SMILES string of the molecule is O=C(NNC(=O)c1cn(-c2ccccc2)nc1-c1cccnc1)c1cccnc1. The summed E-state index contributed by atoms with van der Waals surface area (Å²) < 4.78 is 1.61. The molecule has 8 heteroatoms. The Hall–Kier alpha value is -4.33. The van der Waals surface area contributed by atoms with Crippen molar-refractivity contribution in [3.8, 4) is 16.9 Å². The fourth-order valence-electron chi connectivity index (χ4n) is 2.72. The van der Waals surface area contributed by atoms with Gasteiger partial charge in [0.25, 0.3) is 11.8 Å². The summed E-state index contributed by atoms with van der Waals surface area (Å²) >= 11 is 0. The average molecular weight is 384 g/mol. The van der Waals surface area contributed by atoms with E-state index in [1.807, 2.05) is 36.4 Å². The summed E-state index contributed by atoms with van der Waals surface area (Å²) in [6, 6.07) is 16.3. The Labute approximate surface area is 166 Å². The molecule has 0 atom stereocenters. The van der Waals surface area contributed by atoms with Gasteiger partial charge in [-0.1, -0.05) is 18.2 Å². The molecule has 4 rings (SSSR count). The Morgan fingerprint density at radius 2 is 1.52 bits per heavy atom. The monoisotopic (exact) mass is 384 g/mol. The van der Waals surface area contributed by atoms with Gasteiger partial charge in [-0.25, -0.2) is 4.68 Å². The van der Waals surface area contributed by atoms with Gasteiger partial charge in [0.1, 0.15) is 5.69 Å². The van der Waals surface area contributed by atoms with Crippen LogP contribution in [-0.2, 0) is 0 Å². The molecule has 3 heterocycles. The van der Waals surface area contributed by atoms with Crippen LogP contribution in [0.15, 0.2) is 85.6 Å². The first-order valence-corrected chi connectivity index (χ1v) is 8.78. The minimum atomic E-state index is -0.497. The number of benzene rings is 1. The lowest BCUT2D eigenvalue weighted by Crippen LogP contribution is -2.41. The molecule has 29 heavy (non-hydrogen) atoms. The molecule has 4 aromatic rings. The summed E-state index contributed by atoms with van der Waals surface area (Å²) in [6.07, 6.45) is 7.86. The van der Waals surface area contributed by atoms with Crippen molar-refractivity contribution in [3.63, 3.8) is 0 Å². The average Bonchev–Trinajstić information content (AvgIpc) is 3.25. The number of carbonyl (C=O) groups is 2. The summed E-state index contributed by atoms with van der Waals surface area (Å²) in [5, 5.41) is 4.55. The highest BCUT2D eigenvalue weighted by Gasteiger charge is 2.19. The van der Waals surface area contributed by atoms with Crippen LogP contribution in [0.5, 0.6) is 0 Å². The highest BCUT2D eigenvalue weighted by molar-refractivity contribution is 6.02. The Morgan fingerprint density at radius 1 is 0.793 bits per heavy atom. The van der Waals surface area contributed by atoms with E-state index in [0.717, 1.165) is 5.69 Å². The van der Waals surface area contributed by atoms with E-state index in [1.54, 1.807) is 47.7 Å². The maximum atomic E-state index is 12.8. The van der Waals surface area contributed by atoms with E-state index in [2.05, 4.69) is 25.9 Å². The van der Waals surface area contributed by atoms with E-state index in [4.69, 9.17) is 0 Å². The topological polar surface area (TPSA) is 102 Å². The lowest BCUT2D eigenvalue weighted by atomic mass is 10.1. The first-order valence-electron chi connectivity index (χ1n) is 8.78. The molecule has 0 aliphatic rings. The smallest absolute Gasteiger partial charge is 0.267 e. The van der Waals surface area contributed by atoms with E-state index < -0.39 is 11.8 Å². The zero-order valence-electron chi connectivity index (χ0n) is 15.2. The molecule has 2 amide bonds. The highest BCUT2D eigenvalue weighted by atomic mass is 16.2. The van der Waals surface area contributed by atoms with Crippen LogP contribution in [0.25, 0.3) is 16.9 Å². The minimum Gasteiger partial charge on any atom is -0.267 e. The van der Waals surface area contributed by atoms with Crippen molar-refractivity contribution in [3.05, 3.63) is 96.7 Å². The van der Waals surface area contributed by atoms with Crippen molar-refractivity contribution in [1.82, 2.24) is 30.6 Å². The molecule has 142 valence electrons. The van der Waals surface area contributed by atoms with E-state index in [0.29, 0.717) is 22.4 Å². The summed E-state index contributed by atoms with van der Waals surface area (Å²) in [5.74, 6) is -0.965. The van der Waals surface area contributed by atoms with Gasteiger partial charge < -0.3 is 0 Å². The first-order chi connectivity index (χ1) is 14.2. The van der Waals surface area contributed by atoms with Gasteiger partial charge in [-0.3, -0.25) is 30.4 Å². The largest absolute Gasteiger partial charge is 0.273 e. The van der Waals surface area contributed by atoms with Crippen LogP contribution in [0, 0.1) is 0 Å². The number of amides is 2. The molecule has 3 aromatic heterocycles. The predicted molar refractivity (Wildman–Crippen MR) is 106 cm³/mol. The molecule has 0 saturated heterocycles. The highest BCUT2D eigenvalue weighted by Crippen LogP contribution is 2.22. The lowest BCUT2D eigenvalue weighted by molar-refractivity contribution is 0.0847. The van der Waals surface area contributed by atoms with Gasteiger partial charge in [0, 0.05) is 36.5 Å². The van der Waals surface area contributed by atoms with Crippen molar-refractivity contribution in [1.29, 1.82) is 0 Å². The van der Waals surface area contributed by atoms with E-state index in [-0.39, 0.29) is 0 Å². The van der Waals surface area contributed by atoms with Gasteiger partial charge in [0.2, 0.25) is 0 Å². The van der Waals surface area contributed by atoms with Gasteiger partial charge in [-0.05, 0) is 36.4 Å². The third kappa shape index (κ3) is 4.01. The third-order valence-electron chi connectivity index (χ3n) is 4.13. The van der Waals surface area contributed by atoms with Gasteiger partial charge in [-0.2, -0.15) is 5.10 Å². The molecule has 0 radical (unpaired) electrons. The second kappa shape index (κ2) is 8.13. The van der Waals surface area contributed by atoms with Crippen molar-refractivity contribution in [2.75, 3.05) is 0 Å². The molecule has 0 saturated carbocycles. The van der Waals surface area contributed by atoms with Gasteiger partial charge in [0.05, 0.1) is 16.8 Å². The Morgan fingerprint density at radius 3 is 2.21 bits per heavy atom. The number of hydrogen-bond acceptors (Lipinski definition) is 5. The fraction of sp³-hybridized carbons (Fsp3) is 0. The van der Waals surface area contributed by atoms with E-state index >= 15 is 0 Å². The number of nitrogens with zero attached hydrogens (tertiary/aromatic N) is 4. The summed E-state index contributed by atoms with van der Waals surface area (Å²) in [4.78, 5) is 33.0.